The molecule has 1 aromatic carbocycles. The summed E-state index contributed by atoms with van der Waals surface area (Å²) in [5.41, 5.74) is 2.94. The van der Waals surface area contributed by atoms with Gasteiger partial charge >= 0.3 is 0 Å². The van der Waals surface area contributed by atoms with Gasteiger partial charge in [0.1, 0.15) is 24.5 Å². The fraction of sp³-hybridized carbons (Fsp3) is 0.433. The molecule has 1 unspecified atom stereocenters. The number of aromatic nitrogens is 1. The minimum Gasteiger partial charge on any atom is -0.497 e. The van der Waals surface area contributed by atoms with Gasteiger partial charge in [0.05, 0.1) is 24.3 Å². The van der Waals surface area contributed by atoms with Gasteiger partial charge in [-0.3, -0.25) is 4.98 Å². The van der Waals surface area contributed by atoms with E-state index >= 15 is 0 Å². The van der Waals surface area contributed by atoms with Gasteiger partial charge in [0.25, 0.3) is 0 Å². The van der Waals surface area contributed by atoms with Crippen LogP contribution in [0.2, 0.25) is 0 Å². The number of methoxy groups -OCH3 is 1. The van der Waals surface area contributed by atoms with Crippen molar-refractivity contribution >= 4 is 10.9 Å². The van der Waals surface area contributed by atoms with Crippen molar-refractivity contribution in [3.63, 3.8) is 0 Å². The zero-order valence-electron chi connectivity index (χ0n) is 21.0. The highest BCUT2D eigenvalue weighted by molar-refractivity contribution is 5.83. The lowest BCUT2D eigenvalue weighted by Gasteiger charge is -2.38. The van der Waals surface area contributed by atoms with E-state index in [4.69, 9.17) is 14.2 Å². The summed E-state index contributed by atoms with van der Waals surface area (Å²) in [4.78, 5) is 4.49. The van der Waals surface area contributed by atoms with Crippen molar-refractivity contribution in [2.75, 3.05) is 7.11 Å². The number of nitrogens with zero attached hydrogens (tertiary/aromatic N) is 1. The van der Waals surface area contributed by atoms with Crippen LogP contribution in [0.3, 0.4) is 0 Å². The summed E-state index contributed by atoms with van der Waals surface area (Å²) in [6, 6.07) is 8.42. The molecule has 2 aliphatic carbocycles. The Kier molecular flexibility index (Phi) is 7.73. The highest BCUT2D eigenvalue weighted by Crippen LogP contribution is 2.34. The van der Waals surface area contributed by atoms with Gasteiger partial charge in [-0.1, -0.05) is 23.8 Å². The molecule has 1 aliphatic heterocycles. The third kappa shape index (κ3) is 6.00. The van der Waals surface area contributed by atoms with Crippen LogP contribution in [0.5, 0.6) is 5.75 Å². The number of nitrogens with one attached hydrogen (secondary N) is 1. The molecular weight excluding hydrogens is 452 g/mol. The van der Waals surface area contributed by atoms with Crippen LogP contribution in [0, 0.1) is 0 Å². The van der Waals surface area contributed by atoms with Gasteiger partial charge in [0.2, 0.25) is 0 Å². The van der Waals surface area contributed by atoms with Gasteiger partial charge in [-0.25, -0.2) is 0 Å². The number of rotatable bonds is 9. The summed E-state index contributed by atoms with van der Waals surface area (Å²) in [7, 11) is 1.68. The van der Waals surface area contributed by atoms with E-state index in [0.717, 1.165) is 80.2 Å². The van der Waals surface area contributed by atoms with E-state index < -0.39 is 5.60 Å². The fourth-order valence-electron chi connectivity index (χ4n) is 5.51. The average molecular weight is 489 g/mol. The lowest BCUT2D eigenvalue weighted by atomic mass is 9.78. The maximum absolute atomic E-state index is 11.4. The van der Waals surface area contributed by atoms with Crippen LogP contribution in [-0.2, 0) is 15.9 Å². The van der Waals surface area contributed by atoms with Crippen LogP contribution < -0.4 is 10.1 Å². The Morgan fingerprint density at radius 2 is 2.11 bits per heavy atom. The van der Waals surface area contributed by atoms with Crippen LogP contribution in [0.25, 0.3) is 10.9 Å². The summed E-state index contributed by atoms with van der Waals surface area (Å²) < 4.78 is 16.6. The van der Waals surface area contributed by atoms with Gasteiger partial charge in [-0.15, -0.1) is 0 Å². The standard InChI is InChI=1S/C30H36N2O4/c1-34-25-7-8-27-26(20-25)23(12-16-31-27)9-13-30(33)14-10-24(11-15-30)32-28(29-21-35-17-18-36-29)19-22-5-3-2-4-6-22/h2-3,5,7-8,12,16-18,20-21,24,28,32-33H,4,6,9-11,13-15,19H2,1H3. The number of hydrogen-bond acceptors (Lipinski definition) is 6. The molecule has 2 aromatic rings. The van der Waals surface area contributed by atoms with Crippen molar-refractivity contribution in [1.82, 2.24) is 10.3 Å². The molecule has 0 amide bonds. The molecule has 6 nitrogen and oxygen atoms in total. The minimum atomic E-state index is -0.648. The normalized spacial score (nSPS) is 24.4. The Bertz CT molecular complexity index is 1170. The number of aliphatic hydroxyl groups is 1. The Labute approximate surface area is 213 Å². The van der Waals surface area contributed by atoms with E-state index in [0.29, 0.717) is 6.04 Å². The first-order chi connectivity index (χ1) is 17.6. The molecule has 1 saturated carbocycles. The Morgan fingerprint density at radius 3 is 2.86 bits per heavy atom. The van der Waals surface area contributed by atoms with Crippen LogP contribution in [0.15, 0.2) is 78.8 Å². The molecule has 6 heteroatoms. The molecule has 5 rings (SSSR count). The topological polar surface area (TPSA) is 72.8 Å². The van der Waals surface area contributed by atoms with Crippen LogP contribution >= 0.6 is 0 Å². The molecule has 0 saturated heterocycles. The van der Waals surface area contributed by atoms with Gasteiger partial charge in [0.15, 0.2) is 5.76 Å². The molecule has 1 aromatic heterocycles. The van der Waals surface area contributed by atoms with Crippen molar-refractivity contribution in [1.29, 1.82) is 0 Å². The monoisotopic (exact) mass is 488 g/mol. The summed E-state index contributed by atoms with van der Waals surface area (Å²) in [6.45, 7) is 0. The van der Waals surface area contributed by atoms with Crippen molar-refractivity contribution < 1.29 is 19.3 Å². The van der Waals surface area contributed by atoms with Gasteiger partial charge in [0, 0.05) is 17.6 Å². The third-order valence-electron chi connectivity index (χ3n) is 7.68. The first kappa shape index (κ1) is 24.6. The lowest BCUT2D eigenvalue weighted by molar-refractivity contribution is -0.0117. The molecule has 3 aliphatic rings. The van der Waals surface area contributed by atoms with Gasteiger partial charge in [-0.05, 0) is 87.6 Å². The van der Waals surface area contributed by atoms with Crippen molar-refractivity contribution in [3.05, 3.63) is 84.4 Å². The second-order valence-corrected chi connectivity index (χ2v) is 10.1. The Morgan fingerprint density at radius 1 is 1.22 bits per heavy atom. The Balaban J connectivity index is 1.19. The first-order valence-corrected chi connectivity index (χ1v) is 13.0. The molecule has 1 fully saturated rings. The second-order valence-electron chi connectivity index (χ2n) is 10.1. The summed E-state index contributed by atoms with van der Waals surface area (Å²) in [5.74, 6) is 1.64. The Hall–Kier alpha value is -3.09. The van der Waals surface area contributed by atoms with Crippen LogP contribution in [-0.4, -0.2) is 34.9 Å². The third-order valence-corrected chi connectivity index (χ3v) is 7.68. The molecule has 0 radical (unpaired) electrons. The molecule has 2 N–H and O–H groups in total. The van der Waals surface area contributed by atoms with E-state index in [1.165, 1.54) is 11.1 Å². The second kappa shape index (κ2) is 11.3. The fourth-order valence-corrected chi connectivity index (χ4v) is 5.51. The molecule has 2 heterocycles. The minimum absolute atomic E-state index is 0.0575. The molecule has 1 atom stereocenters. The van der Waals surface area contributed by atoms with Crippen molar-refractivity contribution in [3.8, 4) is 5.75 Å². The number of benzene rings is 1. The molecule has 190 valence electrons. The zero-order valence-corrected chi connectivity index (χ0v) is 21.0. The summed E-state index contributed by atoms with van der Waals surface area (Å²) in [6.07, 6.45) is 21.3. The van der Waals surface area contributed by atoms with Crippen LogP contribution in [0.4, 0.5) is 0 Å². The number of aryl methyl sites for hydroxylation is 1. The zero-order chi connectivity index (χ0) is 24.8. The van der Waals surface area contributed by atoms with Crippen molar-refractivity contribution in [2.24, 2.45) is 0 Å². The predicted molar refractivity (Wildman–Crippen MR) is 141 cm³/mol. The van der Waals surface area contributed by atoms with Gasteiger partial charge in [-0.2, -0.15) is 0 Å². The maximum atomic E-state index is 11.4. The summed E-state index contributed by atoms with van der Waals surface area (Å²) >= 11 is 0. The van der Waals surface area contributed by atoms with Crippen LogP contribution in [0.1, 0.15) is 56.9 Å². The largest absolute Gasteiger partial charge is 0.497 e. The number of pyridine rings is 1. The summed E-state index contributed by atoms with van der Waals surface area (Å²) in [5, 5.41) is 16.3. The lowest BCUT2D eigenvalue weighted by Crippen LogP contribution is -2.46. The smallest absolute Gasteiger partial charge is 0.155 e. The number of fused-ring (bicyclic) bond motifs is 1. The van der Waals surface area contributed by atoms with E-state index in [-0.39, 0.29) is 6.04 Å². The number of hydrogen-bond donors (Lipinski definition) is 2. The predicted octanol–water partition coefficient (Wildman–Crippen LogP) is 5.83. The number of ether oxygens (including phenoxy) is 3. The first-order valence-electron chi connectivity index (χ1n) is 13.0. The average Bonchev–Trinajstić information content (AvgIpc) is 2.93. The molecule has 0 bridgehead atoms. The molecular formula is C30H36N2O4. The highest BCUT2D eigenvalue weighted by Gasteiger charge is 2.34. The quantitative estimate of drug-likeness (QED) is 0.462. The maximum Gasteiger partial charge on any atom is 0.155 e. The molecule has 36 heavy (non-hydrogen) atoms. The van der Waals surface area contributed by atoms with E-state index in [2.05, 4.69) is 34.6 Å². The van der Waals surface area contributed by atoms with Gasteiger partial charge < -0.3 is 24.6 Å². The van der Waals surface area contributed by atoms with E-state index in [1.807, 2.05) is 24.4 Å². The SMILES string of the molecule is COc1ccc2nccc(CCC3(O)CCC(NC(CC4=CC=CCC4)C4=COC=CO4)CC3)c2c1. The highest BCUT2D eigenvalue weighted by atomic mass is 16.5. The van der Waals surface area contributed by atoms with E-state index in [9.17, 15) is 5.11 Å². The number of allylic oxidation sites excluding steroid dienone is 3. The molecule has 0 spiro atoms. The van der Waals surface area contributed by atoms with E-state index in [1.54, 1.807) is 25.9 Å². The van der Waals surface area contributed by atoms with Crippen molar-refractivity contribution in [2.45, 2.75) is 75.5 Å².